The Morgan fingerprint density at radius 1 is 1.06 bits per heavy atom. The number of amides is 1. The molecule has 1 amide bonds. The zero-order valence-corrected chi connectivity index (χ0v) is 19.8. The molecule has 3 heterocycles. The van der Waals surface area contributed by atoms with Crippen LogP contribution in [0, 0.1) is 0 Å². The van der Waals surface area contributed by atoms with Crippen LogP contribution in [-0.2, 0) is 17.6 Å². The van der Waals surface area contributed by atoms with Crippen LogP contribution in [0.1, 0.15) is 17.1 Å². The van der Waals surface area contributed by atoms with E-state index in [-0.39, 0.29) is 5.91 Å². The number of anilines is 2. The summed E-state index contributed by atoms with van der Waals surface area (Å²) in [5.74, 6) is 1.48. The highest BCUT2D eigenvalue weighted by Gasteiger charge is 2.19. The van der Waals surface area contributed by atoms with Gasteiger partial charge in [-0.05, 0) is 55.1 Å². The standard InChI is InChI=1S/C27H28N6O2/c1-3-25(34)29-20-6-10-22(11-7-20)35-27-26-23(12-13-28-26)30-24(31-27)18-19-4-8-21(9-5-19)33-16-14-32(2)15-17-33/h3-11,13H,1,12,14-18H2,2H3,(H,29,34). The number of carbonyl (C=O) groups is 1. The quantitative estimate of drug-likeness (QED) is 0.528. The van der Waals surface area contributed by atoms with Gasteiger partial charge in [0.25, 0.3) is 0 Å². The molecule has 1 aromatic heterocycles. The highest BCUT2D eigenvalue weighted by molar-refractivity contribution is 5.98. The second kappa shape index (κ2) is 10.1. The van der Waals surface area contributed by atoms with E-state index in [0.29, 0.717) is 41.7 Å². The fourth-order valence-electron chi connectivity index (χ4n) is 4.16. The van der Waals surface area contributed by atoms with Gasteiger partial charge in [-0.2, -0.15) is 4.98 Å². The Kier molecular flexibility index (Phi) is 6.54. The lowest BCUT2D eigenvalue weighted by atomic mass is 10.1. The van der Waals surface area contributed by atoms with Gasteiger partial charge < -0.3 is 19.9 Å². The molecule has 178 valence electrons. The lowest BCUT2D eigenvalue weighted by Gasteiger charge is -2.34. The Morgan fingerprint density at radius 3 is 2.51 bits per heavy atom. The summed E-state index contributed by atoms with van der Waals surface area (Å²) in [5, 5.41) is 2.72. The van der Waals surface area contributed by atoms with Gasteiger partial charge in [-0.15, -0.1) is 0 Å². The number of carbonyl (C=O) groups excluding carboxylic acids is 1. The molecule has 2 aromatic carbocycles. The fourth-order valence-corrected chi connectivity index (χ4v) is 4.16. The average molecular weight is 469 g/mol. The van der Waals surface area contributed by atoms with Crippen molar-refractivity contribution in [2.24, 2.45) is 4.99 Å². The van der Waals surface area contributed by atoms with E-state index in [1.54, 1.807) is 24.3 Å². The number of likely N-dealkylation sites (N-methyl/N-ethyl adjacent to an activating group) is 1. The van der Waals surface area contributed by atoms with Crippen LogP contribution in [-0.4, -0.2) is 60.2 Å². The second-order valence-corrected chi connectivity index (χ2v) is 8.71. The predicted molar refractivity (Wildman–Crippen MR) is 138 cm³/mol. The Bertz CT molecular complexity index is 1250. The molecule has 5 rings (SSSR count). The molecule has 8 nitrogen and oxygen atoms in total. The van der Waals surface area contributed by atoms with Crippen LogP contribution in [0.5, 0.6) is 11.6 Å². The van der Waals surface area contributed by atoms with E-state index in [2.05, 4.69) is 58.0 Å². The molecule has 0 unspecified atom stereocenters. The van der Waals surface area contributed by atoms with Gasteiger partial charge >= 0.3 is 0 Å². The van der Waals surface area contributed by atoms with Gasteiger partial charge in [-0.25, -0.2) is 4.98 Å². The van der Waals surface area contributed by atoms with Crippen molar-refractivity contribution in [1.82, 2.24) is 14.9 Å². The Hall–Kier alpha value is -4.04. The van der Waals surface area contributed by atoms with Crippen LogP contribution in [0.2, 0.25) is 0 Å². The summed E-state index contributed by atoms with van der Waals surface area (Å²) in [6, 6.07) is 15.8. The van der Waals surface area contributed by atoms with E-state index in [0.717, 1.165) is 37.4 Å². The summed E-state index contributed by atoms with van der Waals surface area (Å²) in [7, 11) is 2.17. The maximum Gasteiger partial charge on any atom is 0.249 e. The van der Waals surface area contributed by atoms with Gasteiger partial charge in [0.1, 0.15) is 17.3 Å². The number of aromatic nitrogens is 2. The molecule has 0 spiro atoms. The highest BCUT2D eigenvalue weighted by atomic mass is 16.5. The topological polar surface area (TPSA) is 83.0 Å². The first-order valence-corrected chi connectivity index (χ1v) is 11.7. The highest BCUT2D eigenvalue weighted by Crippen LogP contribution is 2.35. The summed E-state index contributed by atoms with van der Waals surface area (Å²) >= 11 is 0. The number of piperazine rings is 1. The van der Waals surface area contributed by atoms with Crippen LogP contribution in [0.15, 0.2) is 66.2 Å². The molecule has 1 N–H and O–H groups in total. The van der Waals surface area contributed by atoms with Crippen molar-refractivity contribution in [3.8, 4) is 11.6 Å². The molecular weight excluding hydrogens is 440 g/mol. The first kappa shape index (κ1) is 22.7. The number of nitrogens with zero attached hydrogens (tertiary/aromatic N) is 5. The monoisotopic (exact) mass is 468 g/mol. The van der Waals surface area contributed by atoms with Crippen LogP contribution >= 0.6 is 0 Å². The molecular formula is C27H28N6O2. The Labute approximate surface area is 205 Å². The van der Waals surface area contributed by atoms with E-state index in [1.807, 2.05) is 6.21 Å². The van der Waals surface area contributed by atoms with E-state index in [9.17, 15) is 4.79 Å². The van der Waals surface area contributed by atoms with Gasteiger partial charge in [-0.3, -0.25) is 9.79 Å². The molecule has 35 heavy (non-hydrogen) atoms. The molecule has 1 saturated heterocycles. The fraction of sp³-hybridized carbons (Fsp3) is 0.259. The Balaban J connectivity index is 1.30. The van der Waals surface area contributed by atoms with Gasteiger partial charge in [0, 0.05) is 56.6 Å². The molecule has 3 aromatic rings. The van der Waals surface area contributed by atoms with Crippen molar-refractivity contribution >= 4 is 29.2 Å². The van der Waals surface area contributed by atoms with Gasteiger partial charge in [0.15, 0.2) is 0 Å². The molecule has 0 saturated carbocycles. The number of rotatable bonds is 7. The molecule has 2 aliphatic heterocycles. The van der Waals surface area contributed by atoms with Crippen LogP contribution in [0.25, 0.3) is 0 Å². The summed E-state index contributed by atoms with van der Waals surface area (Å²) in [6.45, 7) is 7.73. The minimum Gasteiger partial charge on any atom is -0.437 e. The number of nitrogens with one attached hydrogen (secondary N) is 1. The van der Waals surface area contributed by atoms with E-state index in [4.69, 9.17) is 14.7 Å². The van der Waals surface area contributed by atoms with E-state index in [1.165, 1.54) is 11.8 Å². The number of aliphatic imine (C=N–C) groups is 1. The molecule has 0 radical (unpaired) electrons. The number of ether oxygens (including phenoxy) is 1. The van der Waals surface area contributed by atoms with E-state index < -0.39 is 0 Å². The maximum absolute atomic E-state index is 11.5. The van der Waals surface area contributed by atoms with Gasteiger partial charge in [0.05, 0.1) is 5.69 Å². The third-order valence-electron chi connectivity index (χ3n) is 6.16. The molecule has 1 fully saturated rings. The van der Waals surface area contributed by atoms with Crippen LogP contribution < -0.4 is 15.0 Å². The minimum atomic E-state index is -0.261. The molecule has 0 atom stereocenters. The molecule has 0 bridgehead atoms. The third kappa shape index (κ3) is 5.38. The number of hydrogen-bond acceptors (Lipinski definition) is 7. The average Bonchev–Trinajstić information content (AvgIpc) is 3.35. The lowest BCUT2D eigenvalue weighted by Crippen LogP contribution is -2.44. The molecule has 2 aliphatic rings. The number of benzene rings is 2. The first-order valence-electron chi connectivity index (χ1n) is 11.7. The maximum atomic E-state index is 11.5. The van der Waals surface area contributed by atoms with Crippen molar-refractivity contribution in [1.29, 1.82) is 0 Å². The normalized spacial score (nSPS) is 15.1. The largest absolute Gasteiger partial charge is 0.437 e. The van der Waals surface area contributed by atoms with Crippen molar-refractivity contribution < 1.29 is 9.53 Å². The number of fused-ring (bicyclic) bond motifs is 1. The van der Waals surface area contributed by atoms with Crippen molar-refractivity contribution in [2.75, 3.05) is 43.4 Å². The van der Waals surface area contributed by atoms with Crippen molar-refractivity contribution in [3.05, 3.63) is 78.3 Å². The summed E-state index contributed by atoms with van der Waals surface area (Å²) in [5.41, 5.74) is 4.60. The van der Waals surface area contributed by atoms with Crippen molar-refractivity contribution in [3.63, 3.8) is 0 Å². The Morgan fingerprint density at radius 2 is 1.80 bits per heavy atom. The van der Waals surface area contributed by atoms with Gasteiger partial charge in [-0.1, -0.05) is 18.7 Å². The predicted octanol–water partition coefficient (Wildman–Crippen LogP) is 3.99. The zero-order chi connectivity index (χ0) is 24.2. The zero-order valence-electron chi connectivity index (χ0n) is 19.8. The molecule has 0 aliphatic carbocycles. The molecule has 8 heteroatoms. The second-order valence-electron chi connectivity index (χ2n) is 8.71. The lowest BCUT2D eigenvalue weighted by molar-refractivity contribution is -0.111. The van der Waals surface area contributed by atoms with Gasteiger partial charge in [0.2, 0.25) is 11.8 Å². The summed E-state index contributed by atoms with van der Waals surface area (Å²) in [4.78, 5) is 30.1. The van der Waals surface area contributed by atoms with Crippen LogP contribution in [0.3, 0.4) is 0 Å². The van der Waals surface area contributed by atoms with Crippen molar-refractivity contribution in [2.45, 2.75) is 12.8 Å². The minimum absolute atomic E-state index is 0.261. The van der Waals surface area contributed by atoms with Crippen LogP contribution in [0.4, 0.5) is 17.1 Å². The summed E-state index contributed by atoms with van der Waals surface area (Å²) < 4.78 is 6.08. The smallest absolute Gasteiger partial charge is 0.249 e. The SMILES string of the molecule is C=CC(=O)Nc1ccc(Oc2nc(Cc3ccc(N4CCN(C)CC4)cc3)nc3c2N=CC3)cc1. The first-order chi connectivity index (χ1) is 17.1. The van der Waals surface area contributed by atoms with E-state index >= 15 is 0 Å². The number of hydrogen-bond donors (Lipinski definition) is 1. The summed E-state index contributed by atoms with van der Waals surface area (Å²) in [6.07, 6.45) is 4.33. The third-order valence-corrected chi connectivity index (χ3v) is 6.16.